The molecule has 0 saturated heterocycles. The van der Waals surface area contributed by atoms with E-state index in [1.54, 1.807) is 24.3 Å². The lowest BCUT2D eigenvalue weighted by molar-refractivity contribution is -0.159. The van der Waals surface area contributed by atoms with Crippen molar-refractivity contribution in [2.24, 2.45) is 0 Å². The number of aromatic nitrogens is 4. The molecule has 5 nitrogen and oxygen atoms in total. The summed E-state index contributed by atoms with van der Waals surface area (Å²) in [6, 6.07) is 7.02. The van der Waals surface area contributed by atoms with Crippen molar-refractivity contribution in [2.75, 3.05) is 0 Å². The van der Waals surface area contributed by atoms with Crippen LogP contribution in [-0.2, 0) is 6.18 Å². The van der Waals surface area contributed by atoms with Crippen molar-refractivity contribution in [3.8, 4) is 11.6 Å². The summed E-state index contributed by atoms with van der Waals surface area (Å²) in [4.78, 5) is 10.1. The molecule has 0 aliphatic carbocycles. The molecule has 1 N–H and O–H groups in total. The molecule has 2 aromatic heterocycles. The summed E-state index contributed by atoms with van der Waals surface area (Å²) in [5, 5.41) is 3.25. The Morgan fingerprint density at radius 3 is 2.56 bits per heavy atom. The van der Waals surface area contributed by atoms with Crippen molar-refractivity contribution in [1.29, 1.82) is 0 Å². The first-order valence-electron chi connectivity index (χ1n) is 4.90. The third-order valence-corrected chi connectivity index (χ3v) is 2.27. The molecule has 0 fully saturated rings. The molecular formula is C10H5F3N4O. The molecule has 0 atom stereocenters. The molecule has 0 saturated carbocycles. The first-order chi connectivity index (χ1) is 8.54. The van der Waals surface area contributed by atoms with E-state index >= 15 is 0 Å². The molecule has 0 spiro atoms. The number of hydrogen-bond acceptors (Lipinski definition) is 4. The fourth-order valence-electron chi connectivity index (χ4n) is 1.49. The van der Waals surface area contributed by atoms with E-state index in [1.807, 2.05) is 0 Å². The van der Waals surface area contributed by atoms with Crippen molar-refractivity contribution in [3.05, 3.63) is 30.2 Å². The van der Waals surface area contributed by atoms with Gasteiger partial charge in [-0.2, -0.15) is 18.2 Å². The van der Waals surface area contributed by atoms with Crippen LogP contribution in [0, 0.1) is 0 Å². The second-order valence-corrected chi connectivity index (χ2v) is 3.52. The number of aromatic amines is 1. The summed E-state index contributed by atoms with van der Waals surface area (Å²) in [6.45, 7) is 0. The summed E-state index contributed by atoms with van der Waals surface area (Å²) in [5.41, 5.74) is 1.30. The Labute approximate surface area is 97.6 Å². The zero-order chi connectivity index (χ0) is 12.8. The summed E-state index contributed by atoms with van der Waals surface area (Å²) < 4.78 is 41.0. The molecule has 92 valence electrons. The molecule has 2 heterocycles. The van der Waals surface area contributed by atoms with E-state index in [-0.39, 0.29) is 11.6 Å². The number of imidazole rings is 1. The highest BCUT2D eigenvalue weighted by Gasteiger charge is 2.38. The molecule has 0 radical (unpaired) electrons. The smallest absolute Gasteiger partial charge is 0.335 e. The van der Waals surface area contributed by atoms with Crippen molar-refractivity contribution in [3.63, 3.8) is 0 Å². The normalized spacial score (nSPS) is 12.2. The van der Waals surface area contributed by atoms with E-state index in [0.717, 1.165) is 0 Å². The predicted octanol–water partition coefficient (Wildman–Crippen LogP) is 2.63. The zero-order valence-electron chi connectivity index (χ0n) is 8.69. The van der Waals surface area contributed by atoms with Crippen LogP contribution in [0.15, 0.2) is 28.8 Å². The lowest BCUT2D eigenvalue weighted by Gasteiger charge is -1.95. The number of alkyl halides is 3. The van der Waals surface area contributed by atoms with E-state index in [4.69, 9.17) is 0 Å². The average Bonchev–Trinajstić information content (AvgIpc) is 2.94. The summed E-state index contributed by atoms with van der Waals surface area (Å²) in [7, 11) is 0. The SMILES string of the molecule is FC(F)(F)c1nc(-c2nc3ccccc3[nH]2)no1. The van der Waals surface area contributed by atoms with Crippen LogP contribution in [0.5, 0.6) is 0 Å². The first-order valence-corrected chi connectivity index (χ1v) is 4.90. The van der Waals surface area contributed by atoms with Crippen molar-refractivity contribution in [2.45, 2.75) is 6.18 Å². The van der Waals surface area contributed by atoms with Gasteiger partial charge in [0.2, 0.25) is 5.82 Å². The van der Waals surface area contributed by atoms with Crippen LogP contribution in [0.2, 0.25) is 0 Å². The Kier molecular flexibility index (Phi) is 2.12. The van der Waals surface area contributed by atoms with Gasteiger partial charge in [-0.25, -0.2) is 4.98 Å². The second-order valence-electron chi connectivity index (χ2n) is 3.52. The first kappa shape index (κ1) is 10.8. The number of nitrogens with one attached hydrogen (secondary N) is 1. The van der Waals surface area contributed by atoms with Gasteiger partial charge in [-0.15, -0.1) is 0 Å². The number of benzene rings is 1. The third-order valence-electron chi connectivity index (χ3n) is 2.27. The Balaban J connectivity index is 2.06. The van der Waals surface area contributed by atoms with E-state index < -0.39 is 12.1 Å². The van der Waals surface area contributed by atoms with Gasteiger partial charge in [0.05, 0.1) is 11.0 Å². The van der Waals surface area contributed by atoms with E-state index in [2.05, 4.69) is 24.6 Å². The van der Waals surface area contributed by atoms with Gasteiger partial charge in [0.1, 0.15) is 0 Å². The monoisotopic (exact) mass is 254 g/mol. The fraction of sp³-hybridized carbons (Fsp3) is 0.100. The highest BCUT2D eigenvalue weighted by molar-refractivity contribution is 5.77. The predicted molar refractivity (Wildman–Crippen MR) is 54.4 cm³/mol. The molecule has 0 unspecified atom stereocenters. The van der Waals surface area contributed by atoms with Crippen molar-refractivity contribution in [1.82, 2.24) is 20.1 Å². The third kappa shape index (κ3) is 1.71. The number of para-hydroxylation sites is 2. The molecule has 18 heavy (non-hydrogen) atoms. The number of rotatable bonds is 1. The second kappa shape index (κ2) is 3.56. The number of H-pyrrole nitrogens is 1. The quantitative estimate of drug-likeness (QED) is 0.724. The molecule has 0 aliphatic heterocycles. The highest BCUT2D eigenvalue weighted by Crippen LogP contribution is 2.29. The van der Waals surface area contributed by atoms with Crippen LogP contribution in [0.4, 0.5) is 13.2 Å². The largest absolute Gasteiger partial charge is 0.471 e. The van der Waals surface area contributed by atoms with Gasteiger partial charge in [-0.05, 0) is 12.1 Å². The number of halogens is 3. The van der Waals surface area contributed by atoms with Gasteiger partial charge >= 0.3 is 12.1 Å². The van der Waals surface area contributed by atoms with Gasteiger partial charge in [-0.1, -0.05) is 17.3 Å². The molecule has 3 rings (SSSR count). The summed E-state index contributed by atoms with van der Waals surface area (Å²) in [5.74, 6) is -1.48. The van der Waals surface area contributed by atoms with Crippen LogP contribution in [0.25, 0.3) is 22.7 Å². The maximum Gasteiger partial charge on any atom is 0.471 e. The topological polar surface area (TPSA) is 67.6 Å². The lowest BCUT2D eigenvalue weighted by Crippen LogP contribution is -2.04. The minimum atomic E-state index is -4.66. The zero-order valence-corrected chi connectivity index (χ0v) is 8.69. The number of hydrogen-bond donors (Lipinski definition) is 1. The van der Waals surface area contributed by atoms with E-state index in [0.29, 0.717) is 11.0 Å². The summed E-state index contributed by atoms with van der Waals surface area (Å²) >= 11 is 0. The van der Waals surface area contributed by atoms with Crippen LogP contribution in [0.1, 0.15) is 5.89 Å². The highest BCUT2D eigenvalue weighted by atomic mass is 19.4. The van der Waals surface area contributed by atoms with Gasteiger partial charge in [0.25, 0.3) is 0 Å². The number of nitrogens with zero attached hydrogens (tertiary/aromatic N) is 3. The molecule has 8 heteroatoms. The minimum Gasteiger partial charge on any atom is -0.335 e. The van der Waals surface area contributed by atoms with Gasteiger partial charge in [-0.3, -0.25) is 0 Å². The fourth-order valence-corrected chi connectivity index (χ4v) is 1.49. The van der Waals surface area contributed by atoms with Crippen LogP contribution < -0.4 is 0 Å². The Morgan fingerprint density at radius 1 is 1.11 bits per heavy atom. The van der Waals surface area contributed by atoms with E-state index in [9.17, 15) is 13.2 Å². The van der Waals surface area contributed by atoms with Gasteiger partial charge in [0, 0.05) is 0 Å². The molecule has 1 aromatic carbocycles. The maximum absolute atomic E-state index is 12.3. The van der Waals surface area contributed by atoms with Crippen LogP contribution >= 0.6 is 0 Å². The molecule has 0 aliphatic rings. The number of fused-ring (bicyclic) bond motifs is 1. The Bertz CT molecular complexity index is 667. The average molecular weight is 254 g/mol. The standard InChI is InChI=1S/C10H5F3N4O/c11-10(12,13)9-16-8(17-18-9)7-14-5-3-1-2-4-6(5)15-7/h1-4H,(H,14,15). The molecule has 3 aromatic rings. The lowest BCUT2D eigenvalue weighted by atomic mass is 10.3. The molecular weight excluding hydrogens is 249 g/mol. The van der Waals surface area contributed by atoms with Gasteiger partial charge < -0.3 is 9.51 Å². The van der Waals surface area contributed by atoms with E-state index in [1.165, 1.54) is 0 Å². The van der Waals surface area contributed by atoms with Crippen LogP contribution in [0.3, 0.4) is 0 Å². The molecule has 0 bridgehead atoms. The van der Waals surface area contributed by atoms with Crippen molar-refractivity contribution < 1.29 is 17.7 Å². The minimum absolute atomic E-state index is 0.135. The maximum atomic E-state index is 12.3. The van der Waals surface area contributed by atoms with Crippen molar-refractivity contribution >= 4 is 11.0 Å². The Hall–Kier alpha value is -2.38. The van der Waals surface area contributed by atoms with Gasteiger partial charge in [0.15, 0.2) is 5.82 Å². The summed E-state index contributed by atoms with van der Waals surface area (Å²) in [6.07, 6.45) is -4.66. The van der Waals surface area contributed by atoms with Crippen LogP contribution in [-0.4, -0.2) is 20.1 Å². The Morgan fingerprint density at radius 2 is 1.89 bits per heavy atom. The molecule has 0 amide bonds.